The topological polar surface area (TPSA) is 26.0 Å². The number of halogens is 2. The van der Waals surface area contributed by atoms with E-state index >= 15 is 0 Å². The Morgan fingerprint density at radius 1 is 1.50 bits per heavy atom. The maximum Gasteiger partial charge on any atom is 0.124 e. The fourth-order valence-corrected chi connectivity index (χ4v) is 2.02. The summed E-state index contributed by atoms with van der Waals surface area (Å²) in [7, 11) is 0. The third-order valence-electron chi connectivity index (χ3n) is 2.20. The van der Waals surface area contributed by atoms with Crippen LogP contribution in [0.5, 0.6) is 0 Å². The van der Waals surface area contributed by atoms with E-state index in [9.17, 15) is 4.39 Å². The van der Waals surface area contributed by atoms with Crippen molar-refractivity contribution < 1.29 is 4.39 Å². The monoisotopic (exact) mass is 229 g/mol. The van der Waals surface area contributed by atoms with Crippen LogP contribution >= 0.6 is 15.9 Å². The van der Waals surface area contributed by atoms with Crippen molar-refractivity contribution in [3.05, 3.63) is 34.1 Å². The number of nitrogens with two attached hydrogens (primary N) is 1. The lowest BCUT2D eigenvalue weighted by Crippen LogP contribution is -2.01. The van der Waals surface area contributed by atoms with E-state index in [4.69, 9.17) is 5.73 Å². The van der Waals surface area contributed by atoms with E-state index in [0.717, 1.165) is 16.5 Å². The first-order valence-electron chi connectivity index (χ1n) is 3.89. The standard InChI is InChI=1S/C9H9BrFN/c10-8-3-5(11)1-2-6(8)7-4-9(7)12/h1-3,7,9H,4,12H2/t7-,9+/m0/s1. The molecule has 0 aromatic heterocycles. The van der Waals surface area contributed by atoms with Crippen LogP contribution in [0, 0.1) is 5.82 Å². The highest BCUT2D eigenvalue weighted by Gasteiger charge is 2.35. The Labute approximate surface area is 78.9 Å². The quantitative estimate of drug-likeness (QED) is 0.787. The van der Waals surface area contributed by atoms with Gasteiger partial charge < -0.3 is 5.73 Å². The molecular formula is C9H9BrFN. The van der Waals surface area contributed by atoms with Gasteiger partial charge in [0.2, 0.25) is 0 Å². The zero-order valence-electron chi connectivity index (χ0n) is 6.43. The van der Waals surface area contributed by atoms with E-state index in [1.165, 1.54) is 12.1 Å². The van der Waals surface area contributed by atoms with Crippen LogP contribution in [0.15, 0.2) is 22.7 Å². The van der Waals surface area contributed by atoms with Crippen LogP contribution in [0.25, 0.3) is 0 Å². The summed E-state index contributed by atoms with van der Waals surface area (Å²) < 4.78 is 13.5. The van der Waals surface area contributed by atoms with Gasteiger partial charge in [-0.25, -0.2) is 4.39 Å². The van der Waals surface area contributed by atoms with Crippen molar-refractivity contribution in [2.45, 2.75) is 18.4 Å². The molecule has 1 aromatic carbocycles. The lowest BCUT2D eigenvalue weighted by Gasteiger charge is -2.01. The van der Waals surface area contributed by atoms with E-state index in [1.807, 2.05) is 0 Å². The van der Waals surface area contributed by atoms with E-state index in [2.05, 4.69) is 15.9 Å². The molecule has 1 aromatic rings. The summed E-state index contributed by atoms with van der Waals surface area (Å²) in [5, 5.41) is 0. The second-order valence-corrected chi connectivity index (χ2v) is 4.03. The molecule has 0 saturated heterocycles. The summed E-state index contributed by atoms with van der Waals surface area (Å²) in [6.45, 7) is 0. The molecule has 0 radical (unpaired) electrons. The van der Waals surface area contributed by atoms with Gasteiger partial charge in [-0.05, 0) is 24.1 Å². The maximum atomic E-state index is 12.7. The molecular weight excluding hydrogens is 221 g/mol. The highest BCUT2D eigenvalue weighted by Crippen LogP contribution is 2.42. The Morgan fingerprint density at radius 3 is 2.67 bits per heavy atom. The molecule has 1 fully saturated rings. The van der Waals surface area contributed by atoms with Crippen LogP contribution in [-0.2, 0) is 0 Å². The Bertz CT molecular complexity index is 313. The van der Waals surface area contributed by atoms with Crippen LogP contribution in [0.4, 0.5) is 4.39 Å². The van der Waals surface area contributed by atoms with Crippen molar-refractivity contribution in [3.8, 4) is 0 Å². The molecule has 1 aliphatic rings. The van der Waals surface area contributed by atoms with Gasteiger partial charge in [-0.1, -0.05) is 22.0 Å². The van der Waals surface area contributed by atoms with Crippen molar-refractivity contribution in [1.29, 1.82) is 0 Å². The first-order chi connectivity index (χ1) is 5.68. The molecule has 0 unspecified atom stereocenters. The van der Waals surface area contributed by atoms with Gasteiger partial charge in [-0.2, -0.15) is 0 Å². The summed E-state index contributed by atoms with van der Waals surface area (Å²) in [4.78, 5) is 0. The van der Waals surface area contributed by atoms with Crippen LogP contribution in [0.2, 0.25) is 0 Å². The molecule has 12 heavy (non-hydrogen) atoms. The minimum absolute atomic E-state index is 0.208. The number of benzene rings is 1. The number of rotatable bonds is 1. The largest absolute Gasteiger partial charge is 0.327 e. The van der Waals surface area contributed by atoms with Gasteiger partial charge in [0.05, 0.1) is 0 Å². The van der Waals surface area contributed by atoms with Gasteiger partial charge >= 0.3 is 0 Å². The molecule has 2 atom stereocenters. The Morgan fingerprint density at radius 2 is 2.17 bits per heavy atom. The van der Waals surface area contributed by atoms with Crippen LogP contribution in [-0.4, -0.2) is 6.04 Å². The van der Waals surface area contributed by atoms with Gasteiger partial charge in [0.1, 0.15) is 5.82 Å². The van der Waals surface area contributed by atoms with Gasteiger partial charge in [0.15, 0.2) is 0 Å². The van der Waals surface area contributed by atoms with Gasteiger partial charge in [0, 0.05) is 16.4 Å². The van der Waals surface area contributed by atoms with E-state index in [1.54, 1.807) is 6.07 Å². The van der Waals surface area contributed by atoms with Crippen molar-refractivity contribution in [1.82, 2.24) is 0 Å². The summed E-state index contributed by atoms with van der Waals surface area (Å²) in [6.07, 6.45) is 1.02. The lowest BCUT2D eigenvalue weighted by atomic mass is 10.1. The van der Waals surface area contributed by atoms with Crippen LogP contribution in [0.1, 0.15) is 17.9 Å². The molecule has 3 heteroatoms. The van der Waals surface area contributed by atoms with Crippen LogP contribution in [0.3, 0.4) is 0 Å². The average Bonchev–Trinajstić information content (AvgIpc) is 2.66. The zero-order chi connectivity index (χ0) is 8.72. The lowest BCUT2D eigenvalue weighted by molar-refractivity contribution is 0.626. The second-order valence-electron chi connectivity index (χ2n) is 3.17. The van der Waals surface area contributed by atoms with E-state index < -0.39 is 0 Å². The van der Waals surface area contributed by atoms with Crippen molar-refractivity contribution >= 4 is 15.9 Å². The molecule has 1 aliphatic carbocycles. The van der Waals surface area contributed by atoms with Crippen molar-refractivity contribution in [3.63, 3.8) is 0 Å². The fraction of sp³-hybridized carbons (Fsp3) is 0.333. The number of hydrogen-bond acceptors (Lipinski definition) is 1. The summed E-state index contributed by atoms with van der Waals surface area (Å²) >= 11 is 3.32. The molecule has 0 bridgehead atoms. The first kappa shape index (κ1) is 8.20. The zero-order valence-corrected chi connectivity index (χ0v) is 8.01. The predicted octanol–water partition coefficient (Wildman–Crippen LogP) is 2.40. The summed E-state index contributed by atoms with van der Waals surface area (Å²) in [5.74, 6) is 0.222. The predicted molar refractivity (Wildman–Crippen MR) is 49.4 cm³/mol. The number of hydrogen-bond donors (Lipinski definition) is 1. The SMILES string of the molecule is N[C@@H]1C[C@H]1c1ccc(F)cc1Br. The molecule has 2 rings (SSSR count). The Hall–Kier alpha value is -0.410. The molecule has 0 heterocycles. The molecule has 0 aliphatic heterocycles. The van der Waals surface area contributed by atoms with E-state index in [-0.39, 0.29) is 11.9 Å². The minimum atomic E-state index is -0.208. The molecule has 1 saturated carbocycles. The Balaban J connectivity index is 2.33. The minimum Gasteiger partial charge on any atom is -0.327 e. The molecule has 0 amide bonds. The summed E-state index contributed by atoms with van der Waals surface area (Å²) in [5.41, 5.74) is 6.82. The molecule has 1 nitrogen and oxygen atoms in total. The Kier molecular flexibility index (Phi) is 1.93. The van der Waals surface area contributed by atoms with Crippen LogP contribution < -0.4 is 5.73 Å². The average molecular weight is 230 g/mol. The fourth-order valence-electron chi connectivity index (χ4n) is 1.37. The van der Waals surface area contributed by atoms with Gasteiger partial charge in [-0.15, -0.1) is 0 Å². The van der Waals surface area contributed by atoms with Crippen molar-refractivity contribution in [2.75, 3.05) is 0 Å². The molecule has 0 spiro atoms. The molecule has 64 valence electrons. The first-order valence-corrected chi connectivity index (χ1v) is 4.68. The second kappa shape index (κ2) is 2.82. The van der Waals surface area contributed by atoms with Crippen molar-refractivity contribution in [2.24, 2.45) is 5.73 Å². The van der Waals surface area contributed by atoms with Gasteiger partial charge in [-0.3, -0.25) is 0 Å². The highest BCUT2D eigenvalue weighted by molar-refractivity contribution is 9.10. The summed E-state index contributed by atoms with van der Waals surface area (Å²) in [6, 6.07) is 5.04. The van der Waals surface area contributed by atoms with E-state index in [0.29, 0.717) is 5.92 Å². The third-order valence-corrected chi connectivity index (χ3v) is 2.89. The smallest absolute Gasteiger partial charge is 0.124 e. The maximum absolute atomic E-state index is 12.7. The normalized spacial score (nSPS) is 27.2. The highest BCUT2D eigenvalue weighted by atomic mass is 79.9. The third kappa shape index (κ3) is 1.39. The molecule has 2 N–H and O–H groups in total. The van der Waals surface area contributed by atoms with Gasteiger partial charge in [0.25, 0.3) is 0 Å².